The van der Waals surface area contributed by atoms with E-state index in [2.05, 4.69) is 17.5 Å². The molecule has 0 radical (unpaired) electrons. The largest absolute Gasteiger partial charge is 0.345 e. The van der Waals surface area contributed by atoms with Gasteiger partial charge in [-0.05, 0) is 32.1 Å². The lowest BCUT2D eigenvalue weighted by molar-refractivity contribution is -0.133. The zero-order valence-electron chi connectivity index (χ0n) is 10.3. The molecule has 1 saturated heterocycles. The van der Waals surface area contributed by atoms with Crippen molar-refractivity contribution in [2.45, 2.75) is 38.6 Å². The normalized spacial score (nSPS) is 30.1. The topological polar surface area (TPSA) is 49.4 Å². The van der Waals surface area contributed by atoms with Gasteiger partial charge in [0.1, 0.15) is 6.04 Å². The van der Waals surface area contributed by atoms with Crippen molar-refractivity contribution < 1.29 is 9.59 Å². The minimum atomic E-state index is -0.371. The SMILES string of the molecule is CC1NC(=O)CCN(CC2CC=CCC2)C1=O. The molecule has 2 atom stereocenters. The molecular weight excluding hydrogens is 216 g/mol. The van der Waals surface area contributed by atoms with Crippen LogP contribution in [0.15, 0.2) is 12.2 Å². The zero-order chi connectivity index (χ0) is 12.3. The Balaban J connectivity index is 1.96. The summed E-state index contributed by atoms with van der Waals surface area (Å²) in [5, 5.41) is 2.71. The summed E-state index contributed by atoms with van der Waals surface area (Å²) < 4.78 is 0. The summed E-state index contributed by atoms with van der Waals surface area (Å²) in [5.41, 5.74) is 0. The van der Waals surface area contributed by atoms with E-state index < -0.39 is 0 Å². The van der Waals surface area contributed by atoms with Crippen molar-refractivity contribution >= 4 is 11.8 Å². The Hall–Kier alpha value is -1.32. The maximum absolute atomic E-state index is 12.1. The highest BCUT2D eigenvalue weighted by Crippen LogP contribution is 2.20. The molecule has 4 nitrogen and oxygen atoms in total. The molecule has 0 aromatic heterocycles. The first-order valence-corrected chi connectivity index (χ1v) is 6.40. The van der Waals surface area contributed by atoms with Crippen LogP contribution in [0.2, 0.25) is 0 Å². The van der Waals surface area contributed by atoms with Gasteiger partial charge in [-0.3, -0.25) is 9.59 Å². The average molecular weight is 236 g/mol. The number of rotatable bonds is 2. The first-order valence-electron chi connectivity index (χ1n) is 6.40. The summed E-state index contributed by atoms with van der Waals surface area (Å²) in [6.07, 6.45) is 8.14. The molecule has 2 rings (SSSR count). The molecule has 0 bridgehead atoms. The predicted molar refractivity (Wildman–Crippen MR) is 65.3 cm³/mol. The molecule has 2 aliphatic rings. The van der Waals surface area contributed by atoms with Gasteiger partial charge >= 0.3 is 0 Å². The van der Waals surface area contributed by atoms with Gasteiger partial charge in [0.05, 0.1) is 0 Å². The number of hydrogen-bond acceptors (Lipinski definition) is 2. The van der Waals surface area contributed by atoms with Crippen molar-refractivity contribution in [2.75, 3.05) is 13.1 Å². The Morgan fingerprint density at radius 2 is 2.24 bits per heavy atom. The van der Waals surface area contributed by atoms with E-state index >= 15 is 0 Å². The van der Waals surface area contributed by atoms with Crippen LogP contribution in [0.3, 0.4) is 0 Å². The highest BCUT2D eigenvalue weighted by atomic mass is 16.2. The van der Waals surface area contributed by atoms with E-state index in [1.165, 1.54) is 0 Å². The molecule has 1 heterocycles. The highest BCUT2D eigenvalue weighted by Gasteiger charge is 2.28. The Morgan fingerprint density at radius 3 is 2.94 bits per heavy atom. The van der Waals surface area contributed by atoms with Gasteiger partial charge < -0.3 is 10.2 Å². The third kappa shape index (κ3) is 3.08. The van der Waals surface area contributed by atoms with Crippen LogP contribution in [0.1, 0.15) is 32.6 Å². The predicted octanol–water partition coefficient (Wildman–Crippen LogP) is 1.08. The van der Waals surface area contributed by atoms with Crippen molar-refractivity contribution in [1.82, 2.24) is 10.2 Å². The maximum Gasteiger partial charge on any atom is 0.244 e. The van der Waals surface area contributed by atoms with Crippen LogP contribution in [0, 0.1) is 5.92 Å². The minimum Gasteiger partial charge on any atom is -0.345 e. The second-order valence-electron chi connectivity index (χ2n) is 4.97. The van der Waals surface area contributed by atoms with Crippen molar-refractivity contribution in [2.24, 2.45) is 5.92 Å². The van der Waals surface area contributed by atoms with Gasteiger partial charge in [0.2, 0.25) is 11.8 Å². The van der Waals surface area contributed by atoms with Crippen LogP contribution in [0.25, 0.3) is 0 Å². The molecule has 2 amide bonds. The van der Waals surface area contributed by atoms with Gasteiger partial charge in [0, 0.05) is 19.5 Å². The standard InChI is InChI=1S/C13H20N2O2/c1-10-13(17)15(8-7-12(16)14-10)9-11-5-3-2-4-6-11/h2-3,10-11H,4-9H2,1H3,(H,14,16). The summed E-state index contributed by atoms with van der Waals surface area (Å²) in [6, 6.07) is -0.371. The number of nitrogens with one attached hydrogen (secondary N) is 1. The first-order chi connectivity index (χ1) is 8.16. The fourth-order valence-corrected chi connectivity index (χ4v) is 2.51. The van der Waals surface area contributed by atoms with Crippen molar-refractivity contribution in [3.05, 3.63) is 12.2 Å². The Labute approximate surface area is 102 Å². The summed E-state index contributed by atoms with van der Waals surface area (Å²) >= 11 is 0. The lowest BCUT2D eigenvalue weighted by Crippen LogP contribution is -2.44. The fourth-order valence-electron chi connectivity index (χ4n) is 2.51. The van der Waals surface area contributed by atoms with Crippen LogP contribution < -0.4 is 5.32 Å². The molecule has 1 aliphatic heterocycles. The maximum atomic E-state index is 12.1. The smallest absolute Gasteiger partial charge is 0.244 e. The Morgan fingerprint density at radius 1 is 1.41 bits per heavy atom. The van der Waals surface area contributed by atoms with E-state index in [1.54, 1.807) is 6.92 Å². The number of allylic oxidation sites excluding steroid dienone is 2. The number of hydrogen-bond donors (Lipinski definition) is 1. The second kappa shape index (κ2) is 5.34. The van der Waals surface area contributed by atoms with Gasteiger partial charge in [-0.15, -0.1) is 0 Å². The molecule has 17 heavy (non-hydrogen) atoms. The lowest BCUT2D eigenvalue weighted by atomic mass is 9.94. The fraction of sp³-hybridized carbons (Fsp3) is 0.692. The zero-order valence-corrected chi connectivity index (χ0v) is 10.3. The highest BCUT2D eigenvalue weighted by molar-refractivity contribution is 5.89. The summed E-state index contributed by atoms with van der Waals surface area (Å²) in [5.74, 6) is 0.603. The van der Waals surface area contributed by atoms with E-state index in [9.17, 15) is 9.59 Å². The lowest BCUT2D eigenvalue weighted by Gasteiger charge is -2.28. The summed E-state index contributed by atoms with van der Waals surface area (Å²) in [7, 11) is 0. The number of nitrogens with zero attached hydrogens (tertiary/aromatic N) is 1. The van der Waals surface area contributed by atoms with Gasteiger partial charge in [0.25, 0.3) is 0 Å². The molecule has 0 saturated carbocycles. The molecule has 94 valence electrons. The van der Waals surface area contributed by atoms with Gasteiger partial charge in [-0.2, -0.15) is 0 Å². The summed E-state index contributed by atoms with van der Waals surface area (Å²) in [6.45, 7) is 3.12. The van der Waals surface area contributed by atoms with Crippen LogP contribution in [0.4, 0.5) is 0 Å². The van der Waals surface area contributed by atoms with Crippen molar-refractivity contribution in [3.63, 3.8) is 0 Å². The number of amides is 2. The van der Waals surface area contributed by atoms with Crippen LogP contribution >= 0.6 is 0 Å². The van der Waals surface area contributed by atoms with Crippen LogP contribution in [-0.4, -0.2) is 35.8 Å². The monoisotopic (exact) mass is 236 g/mol. The van der Waals surface area contributed by atoms with E-state index in [-0.39, 0.29) is 17.9 Å². The van der Waals surface area contributed by atoms with Gasteiger partial charge in [0.15, 0.2) is 0 Å². The minimum absolute atomic E-state index is 0.0168. The van der Waals surface area contributed by atoms with Gasteiger partial charge in [-0.25, -0.2) is 0 Å². The van der Waals surface area contributed by atoms with Crippen molar-refractivity contribution in [3.8, 4) is 0 Å². The molecule has 0 spiro atoms. The van der Waals surface area contributed by atoms with Crippen LogP contribution in [-0.2, 0) is 9.59 Å². The number of carbonyl (C=O) groups is 2. The Bertz CT molecular complexity index is 338. The molecule has 2 unspecified atom stereocenters. The Kier molecular flexibility index (Phi) is 3.82. The van der Waals surface area contributed by atoms with E-state index in [1.807, 2.05) is 4.90 Å². The molecule has 0 aromatic rings. The molecule has 4 heteroatoms. The molecule has 1 N–H and O–H groups in total. The second-order valence-corrected chi connectivity index (χ2v) is 4.97. The molecule has 1 fully saturated rings. The van der Waals surface area contributed by atoms with Crippen LogP contribution in [0.5, 0.6) is 0 Å². The van der Waals surface area contributed by atoms with E-state index in [0.29, 0.717) is 18.9 Å². The molecule has 1 aliphatic carbocycles. The quantitative estimate of drug-likeness (QED) is 0.729. The summed E-state index contributed by atoms with van der Waals surface area (Å²) in [4.78, 5) is 25.3. The number of carbonyl (C=O) groups excluding carboxylic acids is 2. The van der Waals surface area contributed by atoms with E-state index in [0.717, 1.165) is 25.8 Å². The van der Waals surface area contributed by atoms with Crippen molar-refractivity contribution in [1.29, 1.82) is 0 Å². The molecular formula is C13H20N2O2. The first kappa shape index (κ1) is 12.1. The molecule has 0 aromatic carbocycles. The third-order valence-electron chi connectivity index (χ3n) is 3.52. The van der Waals surface area contributed by atoms with E-state index in [4.69, 9.17) is 0 Å². The third-order valence-corrected chi connectivity index (χ3v) is 3.52. The average Bonchev–Trinajstić information content (AvgIpc) is 2.44. The van der Waals surface area contributed by atoms with Gasteiger partial charge in [-0.1, -0.05) is 12.2 Å².